The number of ether oxygens (including phenoxy) is 1. The maximum absolute atomic E-state index is 12.8. The minimum Gasteiger partial charge on any atom is -0.373 e. The molecule has 3 heterocycles. The van der Waals surface area contributed by atoms with Crippen LogP contribution in [0.2, 0.25) is 0 Å². The molecule has 21 heavy (non-hydrogen) atoms. The fourth-order valence-electron chi connectivity index (χ4n) is 3.70. The zero-order valence-electron chi connectivity index (χ0n) is 13.1. The number of rotatable bonds is 2. The lowest BCUT2D eigenvalue weighted by Gasteiger charge is -2.39. The van der Waals surface area contributed by atoms with Crippen LogP contribution in [0.15, 0.2) is 4.52 Å². The normalized spacial score (nSPS) is 29.3. The lowest BCUT2D eigenvalue weighted by Crippen LogP contribution is -2.50. The molecule has 1 aromatic rings. The highest BCUT2D eigenvalue weighted by Gasteiger charge is 2.44. The average Bonchev–Trinajstić information content (AvgIpc) is 3.02. The van der Waals surface area contributed by atoms with Gasteiger partial charge in [0.1, 0.15) is 11.3 Å². The molecular formula is C16H24N2O3. The van der Waals surface area contributed by atoms with Crippen molar-refractivity contribution in [2.24, 2.45) is 5.92 Å². The first-order valence-corrected chi connectivity index (χ1v) is 7.91. The van der Waals surface area contributed by atoms with Crippen LogP contribution in [-0.4, -0.2) is 41.3 Å². The van der Waals surface area contributed by atoms with Gasteiger partial charge in [0.2, 0.25) is 0 Å². The van der Waals surface area contributed by atoms with E-state index in [1.165, 1.54) is 0 Å². The molecule has 0 aromatic carbocycles. The van der Waals surface area contributed by atoms with Crippen LogP contribution in [0, 0.1) is 19.8 Å². The summed E-state index contributed by atoms with van der Waals surface area (Å²) < 4.78 is 11.2. The van der Waals surface area contributed by atoms with E-state index in [0.29, 0.717) is 29.5 Å². The van der Waals surface area contributed by atoms with Crippen LogP contribution < -0.4 is 0 Å². The first-order chi connectivity index (χ1) is 10.0. The number of amides is 1. The molecule has 2 fully saturated rings. The van der Waals surface area contributed by atoms with E-state index in [-0.39, 0.29) is 11.5 Å². The molecule has 0 bridgehead atoms. The lowest BCUT2D eigenvalue weighted by molar-refractivity contribution is -0.0450. The molecule has 2 aliphatic heterocycles. The Morgan fingerprint density at radius 3 is 2.90 bits per heavy atom. The quantitative estimate of drug-likeness (QED) is 0.841. The molecule has 2 unspecified atom stereocenters. The minimum absolute atomic E-state index is 0.0360. The SMILES string of the molecule is CCC1COC2(CCCN(C(=O)c3c(C)noc3C)C2)C1. The summed E-state index contributed by atoms with van der Waals surface area (Å²) in [6.45, 7) is 8.17. The number of carbonyl (C=O) groups is 1. The van der Waals surface area contributed by atoms with E-state index in [1.807, 2.05) is 11.8 Å². The third kappa shape index (κ3) is 2.59. The molecule has 3 rings (SSSR count). The van der Waals surface area contributed by atoms with Crippen molar-refractivity contribution in [3.8, 4) is 0 Å². The van der Waals surface area contributed by atoms with Gasteiger partial charge in [-0.15, -0.1) is 0 Å². The molecule has 1 amide bonds. The Morgan fingerprint density at radius 2 is 2.29 bits per heavy atom. The molecule has 0 saturated carbocycles. The van der Waals surface area contributed by atoms with Crippen LogP contribution in [0.3, 0.4) is 0 Å². The number of likely N-dealkylation sites (tertiary alicyclic amines) is 1. The summed E-state index contributed by atoms with van der Waals surface area (Å²) in [6.07, 6.45) is 4.30. The molecule has 1 spiro atoms. The van der Waals surface area contributed by atoms with Gasteiger partial charge in [0.15, 0.2) is 0 Å². The highest BCUT2D eigenvalue weighted by Crippen LogP contribution is 2.39. The molecular weight excluding hydrogens is 268 g/mol. The van der Waals surface area contributed by atoms with Crippen molar-refractivity contribution in [2.75, 3.05) is 19.7 Å². The van der Waals surface area contributed by atoms with Crippen molar-refractivity contribution >= 4 is 5.91 Å². The van der Waals surface area contributed by atoms with E-state index < -0.39 is 0 Å². The van der Waals surface area contributed by atoms with Crippen LogP contribution in [0.1, 0.15) is 54.4 Å². The molecule has 0 N–H and O–H groups in total. The number of nitrogens with zero attached hydrogens (tertiary/aromatic N) is 2. The Morgan fingerprint density at radius 1 is 1.48 bits per heavy atom. The molecule has 2 aliphatic rings. The fourth-order valence-corrected chi connectivity index (χ4v) is 3.70. The summed E-state index contributed by atoms with van der Waals surface area (Å²) >= 11 is 0. The molecule has 116 valence electrons. The topological polar surface area (TPSA) is 55.6 Å². The van der Waals surface area contributed by atoms with Gasteiger partial charge in [0, 0.05) is 13.1 Å². The van der Waals surface area contributed by atoms with E-state index in [9.17, 15) is 4.79 Å². The van der Waals surface area contributed by atoms with Gasteiger partial charge in [-0.25, -0.2) is 0 Å². The van der Waals surface area contributed by atoms with Crippen molar-refractivity contribution < 1.29 is 14.1 Å². The average molecular weight is 292 g/mol. The van der Waals surface area contributed by atoms with Crippen LogP contribution in [0.25, 0.3) is 0 Å². The van der Waals surface area contributed by atoms with Gasteiger partial charge >= 0.3 is 0 Å². The Balaban J connectivity index is 1.76. The van der Waals surface area contributed by atoms with Gasteiger partial charge in [-0.3, -0.25) is 4.79 Å². The Bertz CT molecular complexity index is 520. The van der Waals surface area contributed by atoms with Crippen LogP contribution in [-0.2, 0) is 4.74 Å². The summed E-state index contributed by atoms with van der Waals surface area (Å²) in [5.41, 5.74) is 1.18. The third-order valence-corrected chi connectivity index (χ3v) is 4.94. The zero-order chi connectivity index (χ0) is 15.0. The van der Waals surface area contributed by atoms with Gasteiger partial charge in [-0.1, -0.05) is 18.5 Å². The number of hydrogen-bond acceptors (Lipinski definition) is 4. The van der Waals surface area contributed by atoms with Crippen molar-refractivity contribution in [2.45, 2.75) is 52.1 Å². The first-order valence-electron chi connectivity index (χ1n) is 7.91. The molecule has 2 saturated heterocycles. The van der Waals surface area contributed by atoms with Gasteiger partial charge in [0.25, 0.3) is 5.91 Å². The second-order valence-electron chi connectivity index (χ2n) is 6.50. The van der Waals surface area contributed by atoms with Gasteiger partial charge in [0.05, 0.1) is 17.9 Å². The Hall–Kier alpha value is -1.36. The maximum atomic E-state index is 12.8. The molecule has 1 aromatic heterocycles. The van der Waals surface area contributed by atoms with Crippen molar-refractivity contribution in [3.63, 3.8) is 0 Å². The Labute approximate surface area is 125 Å². The van der Waals surface area contributed by atoms with E-state index >= 15 is 0 Å². The van der Waals surface area contributed by atoms with E-state index in [4.69, 9.17) is 9.26 Å². The van der Waals surface area contributed by atoms with Gasteiger partial charge in [-0.2, -0.15) is 0 Å². The van der Waals surface area contributed by atoms with E-state index in [1.54, 1.807) is 6.92 Å². The molecule has 5 nitrogen and oxygen atoms in total. The maximum Gasteiger partial charge on any atom is 0.259 e. The summed E-state index contributed by atoms with van der Waals surface area (Å²) in [5, 5.41) is 3.89. The number of aromatic nitrogens is 1. The molecule has 2 atom stereocenters. The molecule has 0 aliphatic carbocycles. The Kier molecular flexibility index (Phi) is 3.78. The number of hydrogen-bond donors (Lipinski definition) is 0. The van der Waals surface area contributed by atoms with Crippen molar-refractivity contribution in [1.29, 1.82) is 0 Å². The van der Waals surface area contributed by atoms with Gasteiger partial charge in [-0.05, 0) is 39.0 Å². The smallest absolute Gasteiger partial charge is 0.259 e. The second-order valence-corrected chi connectivity index (χ2v) is 6.50. The minimum atomic E-state index is -0.117. The largest absolute Gasteiger partial charge is 0.373 e. The number of piperidine rings is 1. The summed E-state index contributed by atoms with van der Waals surface area (Å²) in [7, 11) is 0. The summed E-state index contributed by atoms with van der Waals surface area (Å²) in [5.74, 6) is 1.28. The van der Waals surface area contributed by atoms with E-state index in [2.05, 4.69) is 12.1 Å². The van der Waals surface area contributed by atoms with Crippen LogP contribution in [0.5, 0.6) is 0 Å². The highest BCUT2D eigenvalue weighted by molar-refractivity contribution is 5.96. The van der Waals surface area contributed by atoms with E-state index in [0.717, 1.165) is 38.8 Å². The van der Waals surface area contributed by atoms with Crippen molar-refractivity contribution in [3.05, 3.63) is 17.0 Å². The van der Waals surface area contributed by atoms with Crippen molar-refractivity contribution in [1.82, 2.24) is 10.1 Å². The number of aryl methyl sites for hydroxylation is 2. The first kappa shape index (κ1) is 14.6. The molecule has 0 radical (unpaired) electrons. The standard InChI is InChI=1S/C16H24N2O3/c1-4-13-8-16(20-9-13)6-5-7-18(10-16)15(19)14-11(2)17-21-12(14)3/h13H,4-10H2,1-3H3. The lowest BCUT2D eigenvalue weighted by atomic mass is 9.85. The molecule has 5 heteroatoms. The third-order valence-electron chi connectivity index (χ3n) is 4.94. The second kappa shape index (κ2) is 5.44. The van der Waals surface area contributed by atoms with Gasteiger partial charge < -0.3 is 14.2 Å². The predicted octanol–water partition coefficient (Wildman–Crippen LogP) is 2.71. The monoisotopic (exact) mass is 292 g/mol. The van der Waals surface area contributed by atoms with Crippen LogP contribution >= 0.6 is 0 Å². The highest BCUT2D eigenvalue weighted by atomic mass is 16.5. The van der Waals surface area contributed by atoms with Crippen LogP contribution in [0.4, 0.5) is 0 Å². The number of carbonyl (C=O) groups excluding carboxylic acids is 1. The zero-order valence-corrected chi connectivity index (χ0v) is 13.1. The summed E-state index contributed by atoms with van der Waals surface area (Å²) in [6, 6.07) is 0. The summed E-state index contributed by atoms with van der Waals surface area (Å²) in [4.78, 5) is 14.7. The predicted molar refractivity (Wildman–Crippen MR) is 78.2 cm³/mol. The fraction of sp³-hybridized carbons (Fsp3) is 0.750.